The molecule has 1 heterocycles. The average molecular weight is 241 g/mol. The van der Waals surface area contributed by atoms with E-state index in [0.717, 1.165) is 0 Å². The van der Waals surface area contributed by atoms with Crippen LogP contribution < -0.4 is 5.73 Å². The fraction of sp³-hybridized carbons (Fsp3) is 0. The second kappa shape index (κ2) is 3.37. The topological polar surface area (TPSA) is 54.7 Å². The molecule has 0 aliphatic carbocycles. The maximum absolute atomic E-state index is 5.20. The zero-order valence-electron chi connectivity index (χ0n) is 3.64. The number of nitrogens with zero attached hydrogens (tertiary/aromatic N) is 1. The Kier molecular flexibility index (Phi) is 3.50. The molecule has 8 heavy (non-hydrogen) atoms. The van der Waals surface area contributed by atoms with Gasteiger partial charge in [0.1, 0.15) is 0 Å². The minimum Gasteiger partial charge on any atom is -0.380 e. The third-order valence-corrected chi connectivity index (χ3v) is 1.55. The average Bonchev–Trinajstić information content (AvgIpc) is 1.91. The summed E-state index contributed by atoms with van der Waals surface area (Å²) in [5.74, 6) is 0.417. The third kappa shape index (κ3) is 1.68. The number of aromatic nitrogens is 2. The van der Waals surface area contributed by atoms with E-state index in [9.17, 15) is 0 Å². The molecule has 0 spiro atoms. The summed E-state index contributed by atoms with van der Waals surface area (Å²) in [5, 5.41) is 3.58. The summed E-state index contributed by atoms with van der Waals surface area (Å²) >= 11 is 5.94. The molecule has 1 aromatic rings. The number of H-pyrrole nitrogens is 1. The molecule has 1 radical (unpaired) electrons. The zero-order valence-corrected chi connectivity index (χ0v) is 6.76. The standard InChI is InChI=1S/C2H3N3S2.Ag/c3-1-2(6)7-5-4-1;/h5H,(H2,3,4);. The van der Waals surface area contributed by atoms with Gasteiger partial charge in [0.15, 0.2) is 9.64 Å². The molecule has 0 fully saturated rings. The van der Waals surface area contributed by atoms with Crippen molar-refractivity contribution in [3.63, 3.8) is 0 Å². The van der Waals surface area contributed by atoms with E-state index < -0.39 is 0 Å². The molecule has 0 saturated heterocycles. The largest absolute Gasteiger partial charge is 0.380 e. The van der Waals surface area contributed by atoms with Crippen LogP contribution in [0, 0.1) is 3.82 Å². The van der Waals surface area contributed by atoms with Crippen LogP contribution in [-0.4, -0.2) is 9.59 Å². The summed E-state index contributed by atoms with van der Waals surface area (Å²) in [6.45, 7) is 0. The summed E-state index contributed by atoms with van der Waals surface area (Å²) in [5.41, 5.74) is 5.20. The molecular weight excluding hydrogens is 238 g/mol. The number of nitrogens with one attached hydrogen (secondary N) is 1. The molecule has 3 N–H and O–H groups in total. The molecule has 0 bridgehead atoms. The predicted octanol–water partition coefficient (Wildman–Crippen LogP) is 0.780. The van der Waals surface area contributed by atoms with Crippen LogP contribution in [0.1, 0.15) is 0 Å². The summed E-state index contributed by atoms with van der Waals surface area (Å²) in [6, 6.07) is 0. The van der Waals surface area contributed by atoms with Crippen molar-refractivity contribution in [2.45, 2.75) is 0 Å². The predicted molar refractivity (Wildman–Crippen MR) is 31.7 cm³/mol. The van der Waals surface area contributed by atoms with Gasteiger partial charge in [0.25, 0.3) is 0 Å². The van der Waals surface area contributed by atoms with Crippen molar-refractivity contribution in [1.29, 1.82) is 0 Å². The van der Waals surface area contributed by atoms with Crippen molar-refractivity contribution in [1.82, 2.24) is 9.59 Å². The molecular formula is C2H3AgN3S2. The van der Waals surface area contributed by atoms with Gasteiger partial charge in [0.2, 0.25) is 0 Å². The number of hydrogen-bond acceptors (Lipinski definition) is 4. The van der Waals surface area contributed by atoms with Crippen molar-refractivity contribution >= 4 is 29.6 Å². The second-order valence-corrected chi connectivity index (χ2v) is 2.44. The first-order valence-corrected chi connectivity index (χ1v) is 2.82. The van der Waals surface area contributed by atoms with E-state index in [4.69, 9.17) is 5.73 Å². The summed E-state index contributed by atoms with van der Waals surface area (Å²) in [4.78, 5) is 0. The fourth-order valence-corrected chi connectivity index (χ4v) is 0.746. The quantitative estimate of drug-likeness (QED) is 0.521. The van der Waals surface area contributed by atoms with Crippen LogP contribution >= 0.6 is 23.8 Å². The Morgan fingerprint density at radius 1 is 1.75 bits per heavy atom. The Morgan fingerprint density at radius 3 is 2.50 bits per heavy atom. The number of aromatic amines is 1. The van der Waals surface area contributed by atoms with Gasteiger partial charge >= 0.3 is 0 Å². The molecule has 1 rings (SSSR count). The molecule has 0 atom stereocenters. The summed E-state index contributed by atoms with van der Waals surface area (Å²) in [6.07, 6.45) is 0. The van der Waals surface area contributed by atoms with Crippen LogP contribution in [0.5, 0.6) is 0 Å². The van der Waals surface area contributed by atoms with Crippen LogP contribution in [0.3, 0.4) is 0 Å². The Morgan fingerprint density at radius 2 is 2.38 bits per heavy atom. The molecule has 0 amide bonds. The van der Waals surface area contributed by atoms with E-state index in [1.54, 1.807) is 0 Å². The van der Waals surface area contributed by atoms with Gasteiger partial charge in [-0.25, -0.2) is 4.49 Å². The maximum Gasteiger partial charge on any atom is 0.174 e. The van der Waals surface area contributed by atoms with Gasteiger partial charge in [-0.05, 0) is 11.5 Å². The van der Waals surface area contributed by atoms with Gasteiger partial charge in [0, 0.05) is 22.4 Å². The molecule has 0 saturated carbocycles. The van der Waals surface area contributed by atoms with Gasteiger partial charge in [0.05, 0.1) is 0 Å². The van der Waals surface area contributed by atoms with E-state index in [2.05, 4.69) is 21.8 Å². The smallest absolute Gasteiger partial charge is 0.174 e. The van der Waals surface area contributed by atoms with E-state index in [0.29, 0.717) is 9.64 Å². The normalized spacial score (nSPS) is 8.00. The molecule has 3 nitrogen and oxygen atoms in total. The van der Waals surface area contributed by atoms with Gasteiger partial charge in [-0.3, -0.25) is 0 Å². The van der Waals surface area contributed by atoms with Crippen molar-refractivity contribution in [3.8, 4) is 0 Å². The Bertz CT molecular complexity index is 203. The Balaban J connectivity index is 0.000000490. The minimum atomic E-state index is 0. The Hall–Kier alpha value is 0.320. The summed E-state index contributed by atoms with van der Waals surface area (Å²) < 4.78 is 3.19. The number of rotatable bonds is 0. The molecule has 6 heteroatoms. The molecule has 0 aliphatic heterocycles. The molecule has 0 aromatic carbocycles. The molecule has 0 unspecified atom stereocenters. The van der Waals surface area contributed by atoms with Crippen molar-refractivity contribution < 1.29 is 22.4 Å². The molecule has 0 aliphatic rings. The van der Waals surface area contributed by atoms with Crippen LogP contribution in [0.2, 0.25) is 0 Å². The molecule has 1 aromatic heterocycles. The van der Waals surface area contributed by atoms with Crippen LogP contribution in [0.25, 0.3) is 0 Å². The SMILES string of the molecule is Nc1n[nH]sc1=S.[Ag]. The fourth-order valence-electron chi connectivity index (χ4n) is 0.211. The van der Waals surface area contributed by atoms with E-state index in [-0.39, 0.29) is 22.4 Å². The van der Waals surface area contributed by atoms with E-state index in [1.807, 2.05) is 0 Å². The van der Waals surface area contributed by atoms with Crippen LogP contribution in [-0.2, 0) is 22.4 Å². The number of nitrogens with two attached hydrogens (primary N) is 1. The van der Waals surface area contributed by atoms with Crippen LogP contribution in [0.15, 0.2) is 0 Å². The van der Waals surface area contributed by atoms with Gasteiger partial charge in [-0.2, -0.15) is 0 Å². The van der Waals surface area contributed by atoms with Crippen molar-refractivity contribution in [2.75, 3.05) is 5.73 Å². The first-order chi connectivity index (χ1) is 3.30. The van der Waals surface area contributed by atoms with Crippen molar-refractivity contribution in [3.05, 3.63) is 3.82 Å². The first kappa shape index (κ1) is 8.32. The third-order valence-electron chi connectivity index (χ3n) is 0.514. The summed E-state index contributed by atoms with van der Waals surface area (Å²) in [7, 11) is 0. The zero-order chi connectivity index (χ0) is 5.28. The second-order valence-electron chi connectivity index (χ2n) is 0.978. The van der Waals surface area contributed by atoms with Crippen LogP contribution in [0.4, 0.5) is 5.82 Å². The van der Waals surface area contributed by atoms with Gasteiger partial charge in [-0.15, -0.1) is 5.10 Å². The molecule has 49 valence electrons. The van der Waals surface area contributed by atoms with Gasteiger partial charge in [-0.1, -0.05) is 12.2 Å². The number of nitrogen functional groups attached to an aromatic ring is 1. The number of anilines is 1. The van der Waals surface area contributed by atoms with Crippen molar-refractivity contribution in [2.24, 2.45) is 0 Å². The maximum atomic E-state index is 5.20. The monoisotopic (exact) mass is 240 g/mol. The number of hydrogen-bond donors (Lipinski definition) is 2. The van der Waals surface area contributed by atoms with E-state index in [1.165, 1.54) is 11.5 Å². The Labute approximate surface area is 71.0 Å². The van der Waals surface area contributed by atoms with Gasteiger partial charge < -0.3 is 5.73 Å². The first-order valence-electron chi connectivity index (χ1n) is 1.60. The van der Waals surface area contributed by atoms with E-state index >= 15 is 0 Å². The minimum absolute atomic E-state index is 0.